The van der Waals surface area contributed by atoms with Crippen LogP contribution in [0.25, 0.3) is 0 Å². The van der Waals surface area contributed by atoms with Crippen LogP contribution in [0.2, 0.25) is 0 Å². The Kier molecular flexibility index (Phi) is 5.41. The van der Waals surface area contributed by atoms with E-state index in [1.165, 1.54) is 22.5 Å². The van der Waals surface area contributed by atoms with E-state index in [-0.39, 0.29) is 23.8 Å². The normalized spacial score (nSPS) is 24.1. The molecule has 0 bridgehead atoms. The van der Waals surface area contributed by atoms with Gasteiger partial charge in [0.1, 0.15) is 0 Å². The van der Waals surface area contributed by atoms with E-state index in [0.717, 1.165) is 56.7 Å². The first-order valence-electron chi connectivity index (χ1n) is 11.0. The average molecular weight is 426 g/mol. The van der Waals surface area contributed by atoms with Gasteiger partial charge in [-0.1, -0.05) is 35.6 Å². The molecule has 2 aliphatic heterocycles. The van der Waals surface area contributed by atoms with Crippen LogP contribution in [0, 0.1) is 5.92 Å². The zero-order valence-corrected chi connectivity index (χ0v) is 17.9. The first-order valence-corrected chi connectivity index (χ1v) is 11.8. The van der Waals surface area contributed by atoms with Gasteiger partial charge in [-0.15, -0.1) is 10.2 Å². The van der Waals surface area contributed by atoms with Crippen molar-refractivity contribution < 1.29 is 9.59 Å². The Morgan fingerprint density at radius 2 is 1.90 bits per heavy atom. The largest absolute Gasteiger partial charge is 0.349 e. The molecule has 1 N–H and O–H groups in total. The summed E-state index contributed by atoms with van der Waals surface area (Å²) in [5.74, 6) is 0.218. The van der Waals surface area contributed by atoms with Crippen molar-refractivity contribution in [1.82, 2.24) is 15.5 Å². The van der Waals surface area contributed by atoms with Crippen LogP contribution < -0.4 is 15.1 Å². The van der Waals surface area contributed by atoms with Crippen LogP contribution in [0.4, 0.5) is 10.3 Å². The summed E-state index contributed by atoms with van der Waals surface area (Å²) < 4.78 is 0. The molecule has 5 rings (SSSR count). The molecule has 2 aromatic rings. The van der Waals surface area contributed by atoms with E-state index in [4.69, 9.17) is 0 Å². The third kappa shape index (κ3) is 3.80. The molecule has 0 saturated carbocycles. The SMILES string of the molecule is O=C(N[C@@H]1CCCc2ccccc21)[C@@H]1CCCN(c2nnc(N3CCCC3=O)s2)C1. The maximum atomic E-state index is 13.1. The lowest BCUT2D eigenvalue weighted by Gasteiger charge is -2.33. The van der Waals surface area contributed by atoms with Gasteiger partial charge in [0.05, 0.1) is 12.0 Å². The highest BCUT2D eigenvalue weighted by molar-refractivity contribution is 7.19. The quantitative estimate of drug-likeness (QED) is 0.815. The van der Waals surface area contributed by atoms with Crippen molar-refractivity contribution in [1.29, 1.82) is 0 Å². The number of piperidine rings is 1. The summed E-state index contributed by atoms with van der Waals surface area (Å²) in [7, 11) is 0. The number of aromatic nitrogens is 2. The number of hydrogen-bond acceptors (Lipinski definition) is 6. The number of rotatable bonds is 4. The second-order valence-electron chi connectivity index (χ2n) is 8.45. The standard InChI is InChI=1S/C22H27N5O2S/c28-19-11-5-13-27(19)22-25-24-21(30-22)26-12-4-8-16(14-26)20(29)23-18-10-3-7-15-6-1-2-9-17(15)18/h1-2,6,9,16,18H,3-5,7-8,10-14H2,(H,23,29)/t16-,18-/m1/s1. The molecule has 2 atom stereocenters. The summed E-state index contributed by atoms with van der Waals surface area (Å²) in [5.41, 5.74) is 2.63. The van der Waals surface area contributed by atoms with Crippen LogP contribution in [0.1, 0.15) is 55.7 Å². The summed E-state index contributed by atoms with van der Waals surface area (Å²) in [6, 6.07) is 8.58. The molecule has 3 aliphatic rings. The van der Waals surface area contributed by atoms with Crippen LogP contribution in [0.15, 0.2) is 24.3 Å². The molecule has 0 spiro atoms. The maximum absolute atomic E-state index is 13.1. The Labute approximate surface area is 180 Å². The molecular formula is C22H27N5O2S. The van der Waals surface area contributed by atoms with Crippen molar-refractivity contribution in [3.8, 4) is 0 Å². The third-order valence-electron chi connectivity index (χ3n) is 6.46. The summed E-state index contributed by atoms with van der Waals surface area (Å²) >= 11 is 1.46. The lowest BCUT2D eigenvalue weighted by molar-refractivity contribution is -0.126. The monoisotopic (exact) mass is 425 g/mol. The summed E-state index contributed by atoms with van der Waals surface area (Å²) in [5, 5.41) is 13.4. The molecule has 2 amide bonds. The Hall–Kier alpha value is -2.48. The molecular weight excluding hydrogens is 398 g/mol. The molecule has 1 aliphatic carbocycles. The van der Waals surface area contributed by atoms with Crippen molar-refractivity contribution in [3.63, 3.8) is 0 Å². The first-order chi connectivity index (χ1) is 14.7. The fourth-order valence-corrected chi connectivity index (χ4v) is 5.78. The second kappa shape index (κ2) is 8.34. The van der Waals surface area contributed by atoms with Crippen molar-refractivity contribution in [2.24, 2.45) is 5.92 Å². The van der Waals surface area contributed by atoms with Gasteiger partial charge in [-0.05, 0) is 49.7 Å². The third-order valence-corrected chi connectivity index (χ3v) is 7.46. The molecule has 3 heterocycles. The summed E-state index contributed by atoms with van der Waals surface area (Å²) in [6.45, 7) is 2.25. The van der Waals surface area contributed by atoms with E-state index in [0.29, 0.717) is 18.1 Å². The Bertz CT molecular complexity index is 945. The second-order valence-corrected chi connectivity index (χ2v) is 9.39. The topological polar surface area (TPSA) is 78.4 Å². The van der Waals surface area contributed by atoms with Gasteiger partial charge in [-0.3, -0.25) is 14.5 Å². The van der Waals surface area contributed by atoms with E-state index in [9.17, 15) is 9.59 Å². The van der Waals surface area contributed by atoms with Crippen LogP contribution >= 0.6 is 11.3 Å². The minimum Gasteiger partial charge on any atom is -0.349 e. The van der Waals surface area contributed by atoms with Crippen molar-refractivity contribution in [2.75, 3.05) is 29.4 Å². The minimum atomic E-state index is -0.0476. The van der Waals surface area contributed by atoms with E-state index < -0.39 is 0 Å². The minimum absolute atomic E-state index is 0.0476. The zero-order valence-electron chi connectivity index (χ0n) is 17.0. The zero-order chi connectivity index (χ0) is 20.5. The molecule has 2 fully saturated rings. The maximum Gasteiger partial charge on any atom is 0.228 e. The van der Waals surface area contributed by atoms with Gasteiger partial charge in [0.15, 0.2) is 0 Å². The van der Waals surface area contributed by atoms with Gasteiger partial charge in [-0.2, -0.15) is 0 Å². The molecule has 0 radical (unpaired) electrons. The number of nitrogens with zero attached hydrogens (tertiary/aromatic N) is 4. The van der Waals surface area contributed by atoms with Crippen LogP contribution in [0.3, 0.4) is 0 Å². The summed E-state index contributed by atoms with van der Waals surface area (Å²) in [6.07, 6.45) is 6.53. The van der Waals surface area contributed by atoms with Crippen LogP contribution in [-0.2, 0) is 16.0 Å². The predicted molar refractivity (Wildman–Crippen MR) is 117 cm³/mol. The molecule has 158 valence electrons. The molecule has 0 unspecified atom stereocenters. The van der Waals surface area contributed by atoms with E-state index in [1.807, 2.05) is 0 Å². The van der Waals surface area contributed by atoms with Crippen molar-refractivity contribution in [3.05, 3.63) is 35.4 Å². The predicted octanol–water partition coefficient (Wildman–Crippen LogP) is 3.08. The average Bonchev–Trinajstić information content (AvgIpc) is 3.43. The fraction of sp³-hybridized carbons (Fsp3) is 0.545. The molecule has 7 nitrogen and oxygen atoms in total. The van der Waals surface area contributed by atoms with Gasteiger partial charge in [0.25, 0.3) is 0 Å². The number of amides is 2. The van der Waals surface area contributed by atoms with E-state index in [2.05, 4.69) is 44.7 Å². The Morgan fingerprint density at radius 3 is 2.77 bits per heavy atom. The van der Waals surface area contributed by atoms with Crippen molar-refractivity contribution >= 4 is 33.4 Å². The first kappa shape index (κ1) is 19.5. The number of nitrogens with one attached hydrogen (secondary N) is 1. The van der Waals surface area contributed by atoms with Crippen LogP contribution in [-0.4, -0.2) is 41.6 Å². The smallest absolute Gasteiger partial charge is 0.228 e. The van der Waals surface area contributed by atoms with E-state index >= 15 is 0 Å². The number of benzene rings is 1. The fourth-order valence-electron chi connectivity index (χ4n) is 4.85. The van der Waals surface area contributed by atoms with Gasteiger partial charge in [0, 0.05) is 26.1 Å². The molecule has 2 saturated heterocycles. The highest BCUT2D eigenvalue weighted by Gasteiger charge is 2.31. The number of carbonyl (C=O) groups is 2. The van der Waals surface area contributed by atoms with Crippen LogP contribution in [0.5, 0.6) is 0 Å². The molecule has 30 heavy (non-hydrogen) atoms. The number of anilines is 2. The molecule has 8 heteroatoms. The Balaban J connectivity index is 1.24. The van der Waals surface area contributed by atoms with Crippen molar-refractivity contribution in [2.45, 2.75) is 51.0 Å². The number of hydrogen-bond donors (Lipinski definition) is 1. The van der Waals surface area contributed by atoms with E-state index in [1.54, 1.807) is 4.90 Å². The van der Waals surface area contributed by atoms with Gasteiger partial charge < -0.3 is 10.2 Å². The van der Waals surface area contributed by atoms with Gasteiger partial charge in [-0.25, -0.2) is 0 Å². The number of fused-ring (bicyclic) bond motifs is 1. The number of carbonyl (C=O) groups excluding carboxylic acids is 2. The lowest BCUT2D eigenvalue weighted by Crippen LogP contribution is -2.44. The molecule has 1 aromatic carbocycles. The summed E-state index contributed by atoms with van der Waals surface area (Å²) in [4.78, 5) is 29.0. The molecule has 1 aromatic heterocycles. The Morgan fingerprint density at radius 1 is 1.03 bits per heavy atom. The van der Waals surface area contributed by atoms with Gasteiger partial charge in [0.2, 0.25) is 22.1 Å². The highest BCUT2D eigenvalue weighted by Crippen LogP contribution is 2.33. The highest BCUT2D eigenvalue weighted by atomic mass is 32.1. The lowest BCUT2D eigenvalue weighted by atomic mass is 9.87. The van der Waals surface area contributed by atoms with Gasteiger partial charge >= 0.3 is 0 Å². The number of aryl methyl sites for hydroxylation is 1.